The lowest BCUT2D eigenvalue weighted by atomic mass is 10.1. The minimum absolute atomic E-state index is 0.884. The number of hydrogen-bond donors (Lipinski definition) is 0. The summed E-state index contributed by atoms with van der Waals surface area (Å²) in [6.07, 6.45) is 0. The number of rotatable bonds is 3. The Bertz CT molecular complexity index is 2750. The quantitative estimate of drug-likeness (QED) is 0.203. The van der Waals surface area contributed by atoms with Gasteiger partial charge in [-0.1, -0.05) is 66.7 Å². The number of nitrogens with zero attached hydrogens (tertiary/aromatic N) is 2. The van der Waals surface area contributed by atoms with Crippen molar-refractivity contribution in [1.29, 1.82) is 0 Å². The highest BCUT2D eigenvalue weighted by atomic mass is 32.1. The van der Waals surface area contributed by atoms with Crippen molar-refractivity contribution in [2.45, 2.75) is 0 Å². The number of furan rings is 1. The lowest BCUT2D eigenvalue weighted by Gasteiger charge is -2.24. The first kappa shape index (κ1) is 24.2. The van der Waals surface area contributed by atoms with Crippen LogP contribution < -0.4 is 4.90 Å². The minimum atomic E-state index is 0.884. The smallest absolute Gasteiger partial charge is 0.139 e. The molecule has 4 heterocycles. The molecule has 0 spiro atoms. The minimum Gasteiger partial charge on any atom is -0.456 e. The van der Waals surface area contributed by atoms with Gasteiger partial charge in [-0.3, -0.25) is 4.90 Å². The molecule has 0 amide bonds. The van der Waals surface area contributed by atoms with E-state index in [0.29, 0.717) is 0 Å². The molecular formula is C39H22N2OS2. The van der Waals surface area contributed by atoms with E-state index in [0.717, 1.165) is 44.0 Å². The van der Waals surface area contributed by atoms with E-state index in [2.05, 4.69) is 126 Å². The van der Waals surface area contributed by atoms with Crippen molar-refractivity contribution in [2.24, 2.45) is 0 Å². The van der Waals surface area contributed by atoms with Gasteiger partial charge in [0, 0.05) is 57.8 Å². The number of pyridine rings is 1. The molecular weight excluding hydrogens is 577 g/mol. The zero-order valence-electron chi connectivity index (χ0n) is 23.3. The molecule has 0 aliphatic rings. The molecule has 0 saturated carbocycles. The van der Waals surface area contributed by atoms with Crippen molar-refractivity contribution >= 4 is 113 Å². The summed E-state index contributed by atoms with van der Waals surface area (Å²) in [5, 5.41) is 9.75. The van der Waals surface area contributed by atoms with Gasteiger partial charge in [0.2, 0.25) is 0 Å². The van der Waals surface area contributed by atoms with Crippen molar-refractivity contribution < 1.29 is 4.42 Å². The molecule has 0 N–H and O–H groups in total. The Kier molecular flexibility index (Phi) is 5.03. The van der Waals surface area contributed by atoms with Gasteiger partial charge < -0.3 is 4.42 Å². The second kappa shape index (κ2) is 9.13. The van der Waals surface area contributed by atoms with Crippen molar-refractivity contribution in [1.82, 2.24) is 4.98 Å². The van der Waals surface area contributed by atoms with Gasteiger partial charge in [0.1, 0.15) is 21.8 Å². The predicted molar refractivity (Wildman–Crippen MR) is 189 cm³/mol. The maximum Gasteiger partial charge on any atom is 0.139 e. The largest absolute Gasteiger partial charge is 0.456 e. The number of para-hydroxylation sites is 1. The maximum atomic E-state index is 6.18. The Balaban J connectivity index is 1.21. The van der Waals surface area contributed by atoms with Crippen LogP contribution in [0.5, 0.6) is 0 Å². The predicted octanol–water partition coefficient (Wildman–Crippen LogP) is 12.3. The molecule has 5 heteroatoms. The first-order valence-corrected chi connectivity index (χ1v) is 16.2. The molecule has 206 valence electrons. The Hall–Kier alpha value is -5.23. The molecule has 44 heavy (non-hydrogen) atoms. The number of fused-ring (bicyclic) bond motifs is 10. The van der Waals surface area contributed by atoms with Crippen molar-refractivity contribution in [2.75, 3.05) is 4.90 Å². The normalized spacial score (nSPS) is 12.1. The van der Waals surface area contributed by atoms with Gasteiger partial charge >= 0.3 is 0 Å². The Morgan fingerprint density at radius 2 is 1.14 bits per heavy atom. The molecule has 0 fully saturated rings. The monoisotopic (exact) mass is 598 g/mol. The van der Waals surface area contributed by atoms with E-state index < -0.39 is 0 Å². The number of anilines is 3. The van der Waals surface area contributed by atoms with Crippen LogP contribution in [0, 0.1) is 0 Å². The average molecular weight is 599 g/mol. The van der Waals surface area contributed by atoms with Crippen LogP contribution in [-0.4, -0.2) is 4.98 Å². The van der Waals surface area contributed by atoms with E-state index in [1.807, 2.05) is 23.5 Å². The standard InChI is InChI=1S/C39H22N2OS2/c1-2-8-24-20-36-32(19-23(24)7-1)30-16-18-38(40-39(30)44-36)41(25-14-17-34-31(21-25)27-9-3-5-11-33(27)42-34)26-13-15-29-28-10-4-6-12-35(28)43-37(29)22-26/h1-22H. The van der Waals surface area contributed by atoms with Crippen LogP contribution in [0.15, 0.2) is 138 Å². The first-order chi connectivity index (χ1) is 21.8. The van der Waals surface area contributed by atoms with Gasteiger partial charge in [-0.05, 0) is 77.5 Å². The Labute approximate surface area is 259 Å². The molecule has 0 unspecified atom stereocenters. The third kappa shape index (κ3) is 3.57. The molecule has 0 bridgehead atoms. The summed E-state index contributed by atoms with van der Waals surface area (Å²) in [6, 6.07) is 47.7. The summed E-state index contributed by atoms with van der Waals surface area (Å²) in [5.41, 5.74) is 3.91. The SMILES string of the molecule is c1ccc2cc3c(cc2c1)sc1nc(N(c2ccc4c(c2)sc2ccccc24)c2ccc4oc5ccccc5c4c2)ccc13. The van der Waals surface area contributed by atoms with Crippen LogP contribution in [0.2, 0.25) is 0 Å². The van der Waals surface area contributed by atoms with Crippen LogP contribution in [0.3, 0.4) is 0 Å². The molecule has 6 aromatic carbocycles. The van der Waals surface area contributed by atoms with Gasteiger partial charge in [-0.2, -0.15) is 0 Å². The summed E-state index contributed by atoms with van der Waals surface area (Å²) in [4.78, 5) is 8.65. The van der Waals surface area contributed by atoms with Crippen LogP contribution >= 0.6 is 22.7 Å². The molecule has 3 nitrogen and oxygen atoms in total. The van der Waals surface area contributed by atoms with Crippen LogP contribution in [0.4, 0.5) is 17.2 Å². The van der Waals surface area contributed by atoms with E-state index in [-0.39, 0.29) is 0 Å². The van der Waals surface area contributed by atoms with E-state index in [1.165, 1.54) is 46.4 Å². The molecule has 10 rings (SSSR count). The number of hydrogen-bond acceptors (Lipinski definition) is 5. The lowest BCUT2D eigenvalue weighted by Crippen LogP contribution is -2.11. The highest BCUT2D eigenvalue weighted by Crippen LogP contribution is 2.43. The molecule has 4 aromatic heterocycles. The molecule has 0 aliphatic heterocycles. The number of benzene rings is 6. The summed E-state index contributed by atoms with van der Waals surface area (Å²) < 4.78 is 10.0. The van der Waals surface area contributed by atoms with Crippen molar-refractivity contribution in [3.63, 3.8) is 0 Å². The summed E-state index contributed by atoms with van der Waals surface area (Å²) >= 11 is 3.59. The fourth-order valence-corrected chi connectivity index (χ4v) is 8.82. The van der Waals surface area contributed by atoms with Crippen LogP contribution in [0.1, 0.15) is 0 Å². The first-order valence-electron chi connectivity index (χ1n) is 14.6. The highest BCUT2D eigenvalue weighted by Gasteiger charge is 2.19. The van der Waals surface area contributed by atoms with E-state index >= 15 is 0 Å². The zero-order valence-corrected chi connectivity index (χ0v) is 25.0. The van der Waals surface area contributed by atoms with E-state index in [1.54, 1.807) is 11.3 Å². The highest BCUT2D eigenvalue weighted by molar-refractivity contribution is 7.26. The topological polar surface area (TPSA) is 29.3 Å². The second-order valence-corrected chi connectivity index (χ2v) is 13.3. The maximum absolute atomic E-state index is 6.18. The molecule has 0 radical (unpaired) electrons. The van der Waals surface area contributed by atoms with Crippen molar-refractivity contribution in [3.8, 4) is 0 Å². The second-order valence-electron chi connectivity index (χ2n) is 11.2. The van der Waals surface area contributed by atoms with Crippen LogP contribution in [-0.2, 0) is 0 Å². The fourth-order valence-electron chi connectivity index (χ4n) is 6.58. The summed E-state index contributed by atoms with van der Waals surface area (Å²) in [7, 11) is 0. The number of thiophene rings is 2. The summed E-state index contributed by atoms with van der Waals surface area (Å²) in [5.74, 6) is 0.890. The van der Waals surface area contributed by atoms with Gasteiger partial charge in [0.05, 0.1) is 0 Å². The lowest BCUT2D eigenvalue weighted by molar-refractivity contribution is 0.669. The third-order valence-corrected chi connectivity index (χ3v) is 10.9. The number of aromatic nitrogens is 1. The molecule has 0 saturated heterocycles. The van der Waals surface area contributed by atoms with E-state index in [4.69, 9.17) is 9.40 Å². The van der Waals surface area contributed by atoms with E-state index in [9.17, 15) is 0 Å². The Morgan fingerprint density at radius 1 is 0.455 bits per heavy atom. The summed E-state index contributed by atoms with van der Waals surface area (Å²) in [6.45, 7) is 0. The third-order valence-electron chi connectivity index (χ3n) is 8.66. The molecule has 0 atom stereocenters. The van der Waals surface area contributed by atoms with Gasteiger partial charge in [-0.15, -0.1) is 22.7 Å². The average Bonchev–Trinajstić information content (AvgIpc) is 3.74. The van der Waals surface area contributed by atoms with Crippen molar-refractivity contribution in [3.05, 3.63) is 133 Å². The van der Waals surface area contributed by atoms with Gasteiger partial charge in [-0.25, -0.2) is 4.98 Å². The Morgan fingerprint density at radius 3 is 2.07 bits per heavy atom. The fraction of sp³-hybridized carbons (Fsp3) is 0. The van der Waals surface area contributed by atoms with Gasteiger partial charge in [0.15, 0.2) is 0 Å². The van der Waals surface area contributed by atoms with Gasteiger partial charge in [0.25, 0.3) is 0 Å². The zero-order chi connectivity index (χ0) is 28.8. The van der Waals surface area contributed by atoms with Crippen LogP contribution in [0.25, 0.3) is 73.2 Å². The molecule has 10 aromatic rings. The molecule has 0 aliphatic carbocycles.